The molecule has 108 valence electrons. The monoisotopic (exact) mass is 299 g/mol. The third-order valence-electron chi connectivity index (χ3n) is 4.20. The Hall–Kier alpha value is -1.72. The summed E-state index contributed by atoms with van der Waals surface area (Å²) in [6.45, 7) is 1.46. The van der Waals surface area contributed by atoms with E-state index in [4.69, 9.17) is 0 Å². The normalized spacial score (nSPS) is 23.9. The Labute approximate surface area is 127 Å². The number of carbonyl (C=O) groups excluding carboxylic acids is 1. The van der Waals surface area contributed by atoms with E-state index in [0.29, 0.717) is 12.7 Å². The number of para-hydroxylation sites is 1. The van der Waals surface area contributed by atoms with E-state index < -0.39 is 0 Å². The number of likely N-dealkylation sites (tertiary alicyclic amines) is 1. The van der Waals surface area contributed by atoms with Crippen molar-refractivity contribution in [2.24, 2.45) is 5.92 Å². The highest BCUT2D eigenvalue weighted by Crippen LogP contribution is 2.32. The lowest BCUT2D eigenvalue weighted by Gasteiger charge is -2.28. The second-order valence-corrected chi connectivity index (χ2v) is 6.95. The molecule has 0 N–H and O–H groups in total. The Morgan fingerprint density at radius 3 is 3.00 bits per heavy atom. The van der Waals surface area contributed by atoms with Crippen molar-refractivity contribution in [3.63, 3.8) is 0 Å². The predicted octanol–water partition coefficient (Wildman–Crippen LogP) is 2.47. The van der Waals surface area contributed by atoms with Crippen molar-refractivity contribution in [3.05, 3.63) is 41.4 Å². The molecule has 2 unspecified atom stereocenters. The first-order chi connectivity index (χ1) is 10.2. The van der Waals surface area contributed by atoms with E-state index in [0.717, 1.165) is 23.5 Å². The Morgan fingerprint density at radius 1 is 1.38 bits per heavy atom. The third-order valence-corrected chi connectivity index (χ3v) is 5.22. The lowest BCUT2D eigenvalue weighted by Crippen LogP contribution is -2.42. The molecule has 1 saturated heterocycles. The molecule has 2 aromatic rings. The number of hydrogen-bond acceptors (Lipinski definition) is 4. The standard InChI is InChI=1S/C16H17N3OS/c1-18(10-19-12-7-6-11(8-12)16(19)20)9-15-17-13-4-2-3-5-14(13)21-15/h2-7,11-12H,8-10H2,1H3. The average molecular weight is 299 g/mol. The van der Waals surface area contributed by atoms with Gasteiger partial charge in [-0.1, -0.05) is 24.3 Å². The van der Waals surface area contributed by atoms with Gasteiger partial charge >= 0.3 is 0 Å². The molecular formula is C16H17N3OS. The summed E-state index contributed by atoms with van der Waals surface area (Å²) in [6.07, 6.45) is 5.18. The molecule has 4 rings (SSSR count). The fourth-order valence-electron chi connectivity index (χ4n) is 3.17. The van der Waals surface area contributed by atoms with Crippen molar-refractivity contribution < 1.29 is 4.79 Å². The molecule has 2 aliphatic rings. The van der Waals surface area contributed by atoms with Crippen LogP contribution >= 0.6 is 11.3 Å². The fraction of sp³-hybridized carbons (Fsp3) is 0.375. The SMILES string of the molecule is CN(Cc1nc2ccccc2s1)CN1C(=O)C2C=CC1C2. The Bertz CT molecular complexity index is 690. The zero-order valence-corrected chi connectivity index (χ0v) is 12.7. The molecule has 1 aliphatic heterocycles. The number of fused-ring (bicyclic) bond motifs is 3. The zero-order valence-electron chi connectivity index (χ0n) is 11.9. The third kappa shape index (κ3) is 2.26. The highest BCUT2D eigenvalue weighted by atomic mass is 32.1. The van der Waals surface area contributed by atoms with E-state index in [1.165, 1.54) is 4.70 Å². The van der Waals surface area contributed by atoms with Crippen LogP contribution in [0.15, 0.2) is 36.4 Å². The minimum absolute atomic E-state index is 0.130. The predicted molar refractivity (Wildman–Crippen MR) is 83.8 cm³/mol. The van der Waals surface area contributed by atoms with Gasteiger partial charge in [-0.3, -0.25) is 9.69 Å². The van der Waals surface area contributed by atoms with Crippen molar-refractivity contribution in [1.82, 2.24) is 14.8 Å². The van der Waals surface area contributed by atoms with E-state index >= 15 is 0 Å². The summed E-state index contributed by atoms with van der Waals surface area (Å²) in [5.74, 6) is 0.407. The highest BCUT2D eigenvalue weighted by Gasteiger charge is 2.40. The van der Waals surface area contributed by atoms with Gasteiger partial charge in [0.05, 0.1) is 35.4 Å². The average Bonchev–Trinajstić information content (AvgIpc) is 3.15. The van der Waals surface area contributed by atoms with Crippen LogP contribution in [0.3, 0.4) is 0 Å². The number of carbonyl (C=O) groups is 1. The molecule has 2 atom stereocenters. The number of aromatic nitrogens is 1. The summed E-state index contributed by atoms with van der Waals surface area (Å²) < 4.78 is 1.22. The second-order valence-electron chi connectivity index (χ2n) is 5.83. The van der Waals surface area contributed by atoms with E-state index in [1.54, 1.807) is 11.3 Å². The Morgan fingerprint density at radius 2 is 2.24 bits per heavy atom. The fourth-order valence-corrected chi connectivity index (χ4v) is 4.22. The number of thiazole rings is 1. The smallest absolute Gasteiger partial charge is 0.231 e. The molecule has 0 saturated carbocycles. The molecule has 1 fully saturated rings. The largest absolute Gasteiger partial charge is 0.323 e. The zero-order chi connectivity index (χ0) is 14.4. The van der Waals surface area contributed by atoms with E-state index in [-0.39, 0.29) is 11.8 Å². The molecular weight excluding hydrogens is 282 g/mol. The Balaban J connectivity index is 1.45. The van der Waals surface area contributed by atoms with Crippen LogP contribution in [0.2, 0.25) is 0 Å². The minimum Gasteiger partial charge on any atom is -0.323 e. The van der Waals surface area contributed by atoms with Gasteiger partial charge < -0.3 is 4.90 Å². The van der Waals surface area contributed by atoms with Crippen molar-refractivity contribution in [3.8, 4) is 0 Å². The molecule has 2 bridgehead atoms. The topological polar surface area (TPSA) is 36.4 Å². The first-order valence-corrected chi connectivity index (χ1v) is 8.04. The summed E-state index contributed by atoms with van der Waals surface area (Å²) in [4.78, 5) is 20.9. The molecule has 0 radical (unpaired) electrons. The number of benzene rings is 1. The minimum atomic E-state index is 0.130. The molecule has 1 aromatic heterocycles. The summed E-state index contributed by atoms with van der Waals surface area (Å²) in [7, 11) is 2.05. The van der Waals surface area contributed by atoms with Crippen molar-refractivity contribution >= 4 is 27.5 Å². The van der Waals surface area contributed by atoms with Crippen LogP contribution in [0.4, 0.5) is 0 Å². The van der Waals surface area contributed by atoms with Gasteiger partial charge in [0, 0.05) is 0 Å². The molecule has 0 spiro atoms. The number of rotatable bonds is 4. The summed E-state index contributed by atoms with van der Waals surface area (Å²) in [6, 6.07) is 8.51. The highest BCUT2D eigenvalue weighted by molar-refractivity contribution is 7.18. The van der Waals surface area contributed by atoms with Gasteiger partial charge in [0.25, 0.3) is 0 Å². The molecule has 1 aromatic carbocycles. The van der Waals surface area contributed by atoms with Crippen LogP contribution in [0, 0.1) is 5.92 Å². The van der Waals surface area contributed by atoms with Crippen molar-refractivity contribution in [2.45, 2.75) is 19.0 Å². The maximum atomic E-state index is 12.1. The van der Waals surface area contributed by atoms with Crippen molar-refractivity contribution in [1.29, 1.82) is 0 Å². The maximum absolute atomic E-state index is 12.1. The number of nitrogens with zero attached hydrogens (tertiary/aromatic N) is 3. The number of hydrogen-bond donors (Lipinski definition) is 0. The van der Waals surface area contributed by atoms with Crippen molar-refractivity contribution in [2.75, 3.05) is 13.7 Å². The van der Waals surface area contributed by atoms with Gasteiger partial charge in [-0.05, 0) is 25.6 Å². The van der Waals surface area contributed by atoms with E-state index in [2.05, 4.69) is 35.1 Å². The first kappa shape index (κ1) is 13.0. The van der Waals surface area contributed by atoms with Crippen LogP contribution in [0.5, 0.6) is 0 Å². The molecule has 5 heteroatoms. The van der Waals surface area contributed by atoms with Gasteiger partial charge in [0.15, 0.2) is 0 Å². The molecule has 1 amide bonds. The van der Waals surface area contributed by atoms with Crippen LogP contribution < -0.4 is 0 Å². The molecule has 4 nitrogen and oxygen atoms in total. The molecule has 21 heavy (non-hydrogen) atoms. The van der Waals surface area contributed by atoms with Gasteiger partial charge in [-0.2, -0.15) is 0 Å². The van der Waals surface area contributed by atoms with Crippen LogP contribution in [-0.4, -0.2) is 40.4 Å². The van der Waals surface area contributed by atoms with Crippen LogP contribution in [0.25, 0.3) is 10.2 Å². The van der Waals surface area contributed by atoms with Gasteiger partial charge in [0.2, 0.25) is 5.91 Å². The first-order valence-electron chi connectivity index (χ1n) is 7.22. The summed E-state index contributed by atoms with van der Waals surface area (Å²) in [5, 5.41) is 1.10. The van der Waals surface area contributed by atoms with Gasteiger partial charge in [0.1, 0.15) is 5.01 Å². The lowest BCUT2D eigenvalue weighted by molar-refractivity contribution is -0.132. The maximum Gasteiger partial charge on any atom is 0.231 e. The number of amides is 1. The van der Waals surface area contributed by atoms with Gasteiger partial charge in [-0.15, -0.1) is 11.3 Å². The van der Waals surface area contributed by atoms with Gasteiger partial charge in [-0.25, -0.2) is 4.98 Å². The summed E-state index contributed by atoms with van der Waals surface area (Å²) in [5.41, 5.74) is 1.06. The van der Waals surface area contributed by atoms with E-state index in [1.807, 2.05) is 23.1 Å². The van der Waals surface area contributed by atoms with Crippen LogP contribution in [-0.2, 0) is 11.3 Å². The molecule has 2 heterocycles. The molecule has 1 aliphatic carbocycles. The second kappa shape index (κ2) is 4.93. The Kier molecular flexibility index (Phi) is 3.05. The lowest BCUT2D eigenvalue weighted by atomic mass is 10.1. The quantitative estimate of drug-likeness (QED) is 0.814. The summed E-state index contributed by atoms with van der Waals surface area (Å²) >= 11 is 1.73. The van der Waals surface area contributed by atoms with Crippen LogP contribution in [0.1, 0.15) is 11.4 Å². The van der Waals surface area contributed by atoms with E-state index in [9.17, 15) is 4.79 Å².